The molecule has 0 spiro atoms. The molecule has 1 aromatic rings. The summed E-state index contributed by atoms with van der Waals surface area (Å²) in [7, 11) is 0. The third kappa shape index (κ3) is 1.06. The van der Waals surface area contributed by atoms with Crippen LogP contribution in [-0.2, 0) is 19.3 Å². The average molecular weight is 190 g/mol. The molecular formula is C12H18N2. The molecule has 0 fully saturated rings. The molecule has 0 radical (unpaired) electrons. The molecule has 0 bridgehead atoms. The molecule has 2 unspecified atom stereocenters. The van der Waals surface area contributed by atoms with Crippen LogP contribution in [0.4, 0.5) is 0 Å². The summed E-state index contributed by atoms with van der Waals surface area (Å²) < 4.78 is 2.53. The first-order valence-electron chi connectivity index (χ1n) is 5.84. The van der Waals surface area contributed by atoms with Gasteiger partial charge in [0.1, 0.15) is 5.82 Å². The molecule has 2 atom stereocenters. The van der Waals surface area contributed by atoms with Gasteiger partial charge in [-0.2, -0.15) is 0 Å². The molecule has 2 nitrogen and oxygen atoms in total. The van der Waals surface area contributed by atoms with E-state index >= 15 is 0 Å². The van der Waals surface area contributed by atoms with Crippen molar-refractivity contribution >= 4 is 0 Å². The monoisotopic (exact) mass is 190 g/mol. The van der Waals surface area contributed by atoms with E-state index < -0.39 is 0 Å². The van der Waals surface area contributed by atoms with Gasteiger partial charge in [-0.3, -0.25) is 0 Å². The van der Waals surface area contributed by atoms with Gasteiger partial charge in [-0.15, -0.1) is 0 Å². The molecule has 0 amide bonds. The predicted octanol–water partition coefficient (Wildman–Crippen LogP) is 2.52. The quantitative estimate of drug-likeness (QED) is 0.614. The topological polar surface area (TPSA) is 17.8 Å². The number of rotatable bonds is 0. The largest absolute Gasteiger partial charge is 0.329 e. The Balaban J connectivity index is 2.11. The zero-order chi connectivity index (χ0) is 9.71. The summed E-state index contributed by atoms with van der Waals surface area (Å²) in [6, 6.07) is 0.683. The number of hydrogen-bond acceptors (Lipinski definition) is 1. The molecule has 0 saturated carbocycles. The van der Waals surface area contributed by atoms with Crippen LogP contribution in [0.1, 0.15) is 49.9 Å². The van der Waals surface area contributed by atoms with Crippen LogP contribution < -0.4 is 0 Å². The van der Waals surface area contributed by atoms with Crippen molar-refractivity contribution < 1.29 is 0 Å². The van der Waals surface area contributed by atoms with E-state index in [1.165, 1.54) is 43.6 Å². The van der Waals surface area contributed by atoms with E-state index in [9.17, 15) is 0 Å². The van der Waals surface area contributed by atoms with E-state index in [0.717, 1.165) is 5.92 Å². The Kier molecular flexibility index (Phi) is 1.73. The molecule has 3 rings (SSSR count). The van der Waals surface area contributed by atoms with Crippen LogP contribution in [0.15, 0.2) is 0 Å². The minimum Gasteiger partial charge on any atom is -0.329 e. The Labute approximate surface area is 85.3 Å². The van der Waals surface area contributed by atoms with Crippen LogP contribution in [0.3, 0.4) is 0 Å². The van der Waals surface area contributed by atoms with Crippen LogP contribution in [0.5, 0.6) is 0 Å². The van der Waals surface area contributed by atoms with Crippen LogP contribution in [0.2, 0.25) is 0 Å². The summed E-state index contributed by atoms with van der Waals surface area (Å²) in [5, 5.41) is 0. The van der Waals surface area contributed by atoms with Crippen molar-refractivity contribution in [1.29, 1.82) is 0 Å². The number of nitrogens with zero attached hydrogens (tertiary/aromatic N) is 2. The molecule has 14 heavy (non-hydrogen) atoms. The van der Waals surface area contributed by atoms with Gasteiger partial charge in [0.15, 0.2) is 0 Å². The molecule has 2 heteroatoms. The predicted molar refractivity (Wildman–Crippen MR) is 56.4 cm³/mol. The van der Waals surface area contributed by atoms with Crippen molar-refractivity contribution in [2.24, 2.45) is 5.92 Å². The smallest absolute Gasteiger partial charge is 0.109 e. The molecule has 1 aromatic heterocycles. The van der Waals surface area contributed by atoms with Gasteiger partial charge in [0.25, 0.3) is 0 Å². The Hall–Kier alpha value is -0.790. The van der Waals surface area contributed by atoms with E-state index in [1.807, 2.05) is 0 Å². The molecule has 2 aliphatic rings. The van der Waals surface area contributed by atoms with Gasteiger partial charge in [0, 0.05) is 18.2 Å². The Morgan fingerprint density at radius 3 is 3.00 bits per heavy atom. The maximum absolute atomic E-state index is 4.80. The number of hydrogen-bond donors (Lipinski definition) is 0. The van der Waals surface area contributed by atoms with Crippen LogP contribution in [0, 0.1) is 5.92 Å². The average Bonchev–Trinajstić information content (AvgIpc) is 2.60. The third-order valence-electron chi connectivity index (χ3n) is 3.71. The zero-order valence-electron chi connectivity index (χ0n) is 9.08. The van der Waals surface area contributed by atoms with Crippen molar-refractivity contribution in [3.63, 3.8) is 0 Å². The second kappa shape index (κ2) is 2.85. The van der Waals surface area contributed by atoms with Gasteiger partial charge in [-0.1, -0.05) is 6.92 Å². The first-order valence-corrected chi connectivity index (χ1v) is 5.84. The summed E-state index contributed by atoms with van der Waals surface area (Å²) in [4.78, 5) is 4.80. The summed E-state index contributed by atoms with van der Waals surface area (Å²) >= 11 is 0. The second-order valence-electron chi connectivity index (χ2n) is 5.04. The van der Waals surface area contributed by atoms with Crippen LogP contribution in [0.25, 0.3) is 0 Å². The number of aromatic nitrogens is 2. The minimum atomic E-state index is 0.683. The van der Waals surface area contributed by atoms with Crippen molar-refractivity contribution in [2.45, 2.75) is 52.0 Å². The highest BCUT2D eigenvalue weighted by molar-refractivity contribution is 5.24. The van der Waals surface area contributed by atoms with E-state index in [1.54, 1.807) is 5.69 Å². The molecule has 76 valence electrons. The first-order chi connectivity index (χ1) is 6.75. The highest BCUT2D eigenvalue weighted by Gasteiger charge is 2.28. The molecule has 1 aliphatic heterocycles. The summed E-state index contributed by atoms with van der Waals surface area (Å²) in [6.07, 6.45) is 6.32. The molecule has 2 heterocycles. The summed E-state index contributed by atoms with van der Waals surface area (Å²) in [5.74, 6) is 2.18. The standard InChI is InChI=1S/C12H18N2/c1-8-6-9(2)14-11-5-3-4-10(11)13-12(14)7-8/h8-9H,3-7H2,1-2H3. The minimum absolute atomic E-state index is 0.683. The number of aryl methyl sites for hydroxylation is 1. The second-order valence-corrected chi connectivity index (χ2v) is 5.04. The highest BCUT2D eigenvalue weighted by atomic mass is 15.1. The molecule has 0 saturated heterocycles. The summed E-state index contributed by atoms with van der Waals surface area (Å²) in [5.41, 5.74) is 2.96. The van der Waals surface area contributed by atoms with Crippen molar-refractivity contribution in [3.05, 3.63) is 17.2 Å². The van der Waals surface area contributed by atoms with Crippen molar-refractivity contribution in [2.75, 3.05) is 0 Å². The molecule has 1 aliphatic carbocycles. The SMILES string of the molecule is CC1Cc2nc3c(n2C(C)C1)CCC3. The maximum atomic E-state index is 4.80. The lowest BCUT2D eigenvalue weighted by Crippen LogP contribution is -2.22. The van der Waals surface area contributed by atoms with Crippen molar-refractivity contribution in [1.82, 2.24) is 9.55 Å². The fourth-order valence-corrected chi connectivity index (χ4v) is 3.20. The molecule has 0 aromatic carbocycles. The fourth-order valence-electron chi connectivity index (χ4n) is 3.20. The Morgan fingerprint density at radius 1 is 1.29 bits per heavy atom. The van der Waals surface area contributed by atoms with Gasteiger partial charge >= 0.3 is 0 Å². The molecule has 0 N–H and O–H groups in total. The number of imidazole rings is 1. The first kappa shape index (κ1) is 8.51. The Morgan fingerprint density at radius 2 is 2.14 bits per heavy atom. The van der Waals surface area contributed by atoms with Gasteiger partial charge in [0.05, 0.1) is 5.69 Å². The fraction of sp³-hybridized carbons (Fsp3) is 0.750. The van der Waals surface area contributed by atoms with E-state index in [-0.39, 0.29) is 0 Å². The third-order valence-corrected chi connectivity index (χ3v) is 3.71. The van der Waals surface area contributed by atoms with E-state index in [2.05, 4.69) is 18.4 Å². The summed E-state index contributed by atoms with van der Waals surface area (Å²) in [6.45, 7) is 4.69. The Bertz CT molecular complexity index is 365. The van der Waals surface area contributed by atoms with Crippen LogP contribution in [-0.4, -0.2) is 9.55 Å². The zero-order valence-corrected chi connectivity index (χ0v) is 9.08. The van der Waals surface area contributed by atoms with Gasteiger partial charge in [-0.05, 0) is 38.5 Å². The lowest BCUT2D eigenvalue weighted by molar-refractivity contribution is 0.336. The lowest BCUT2D eigenvalue weighted by Gasteiger charge is -2.28. The highest BCUT2D eigenvalue weighted by Crippen LogP contribution is 2.34. The lowest BCUT2D eigenvalue weighted by atomic mass is 9.95. The maximum Gasteiger partial charge on any atom is 0.109 e. The van der Waals surface area contributed by atoms with Gasteiger partial charge in [-0.25, -0.2) is 4.98 Å². The van der Waals surface area contributed by atoms with E-state index in [0.29, 0.717) is 6.04 Å². The van der Waals surface area contributed by atoms with Gasteiger partial charge < -0.3 is 4.57 Å². The van der Waals surface area contributed by atoms with Crippen LogP contribution >= 0.6 is 0 Å². The van der Waals surface area contributed by atoms with E-state index in [4.69, 9.17) is 4.98 Å². The number of fused-ring (bicyclic) bond motifs is 3. The van der Waals surface area contributed by atoms with Crippen molar-refractivity contribution in [3.8, 4) is 0 Å². The normalized spacial score (nSPS) is 30.1. The van der Waals surface area contributed by atoms with Gasteiger partial charge in [0.2, 0.25) is 0 Å². The molecular weight excluding hydrogens is 172 g/mol.